The van der Waals surface area contributed by atoms with Crippen molar-refractivity contribution in [1.29, 1.82) is 0 Å². The van der Waals surface area contributed by atoms with E-state index in [1.165, 1.54) is 5.52 Å². The molecule has 0 saturated carbocycles. The molecule has 18 heavy (non-hydrogen) atoms. The van der Waals surface area contributed by atoms with Crippen molar-refractivity contribution in [2.24, 2.45) is 0 Å². The van der Waals surface area contributed by atoms with Crippen LogP contribution in [0.4, 0.5) is 5.13 Å². The highest BCUT2D eigenvalue weighted by molar-refractivity contribution is 7.13. The number of hydrogen-bond donors (Lipinski definition) is 1. The third-order valence-electron chi connectivity index (χ3n) is 2.88. The van der Waals surface area contributed by atoms with Gasteiger partial charge in [-0.15, -0.1) is 11.3 Å². The first kappa shape index (κ1) is 11.2. The summed E-state index contributed by atoms with van der Waals surface area (Å²) in [5.41, 5.74) is 2.24. The number of rotatable bonds is 4. The Hall–Kier alpha value is -1.88. The van der Waals surface area contributed by atoms with Crippen LogP contribution in [0.2, 0.25) is 0 Å². The number of para-hydroxylation sites is 2. The summed E-state index contributed by atoms with van der Waals surface area (Å²) in [5, 5.41) is 6.20. The molecule has 0 amide bonds. The second-order valence-corrected chi connectivity index (χ2v) is 4.85. The molecular weight excluding hydrogens is 244 g/mol. The number of anilines is 1. The fraction of sp³-hybridized carbons (Fsp3) is 0.231. The topological polar surface area (TPSA) is 42.7 Å². The van der Waals surface area contributed by atoms with Crippen LogP contribution in [0.5, 0.6) is 0 Å². The Bertz CT molecular complexity index is 642. The second kappa shape index (κ2) is 4.78. The van der Waals surface area contributed by atoms with Crippen LogP contribution in [0.25, 0.3) is 11.0 Å². The zero-order valence-electron chi connectivity index (χ0n) is 10.1. The molecule has 0 radical (unpaired) electrons. The monoisotopic (exact) mass is 258 g/mol. The zero-order chi connectivity index (χ0) is 12.4. The number of nitrogens with zero attached hydrogens (tertiary/aromatic N) is 3. The van der Waals surface area contributed by atoms with Crippen LogP contribution in [0.3, 0.4) is 0 Å². The van der Waals surface area contributed by atoms with Crippen molar-refractivity contribution >= 4 is 27.5 Å². The van der Waals surface area contributed by atoms with Crippen molar-refractivity contribution < 1.29 is 0 Å². The van der Waals surface area contributed by atoms with Crippen molar-refractivity contribution in [2.45, 2.75) is 20.0 Å². The number of fused-ring (bicyclic) bond motifs is 1. The summed E-state index contributed by atoms with van der Waals surface area (Å²) in [6.07, 6.45) is 1.80. The van der Waals surface area contributed by atoms with Crippen LogP contribution in [-0.4, -0.2) is 14.5 Å². The van der Waals surface area contributed by atoms with Gasteiger partial charge in [0.25, 0.3) is 0 Å². The Morgan fingerprint density at radius 1 is 1.33 bits per heavy atom. The average Bonchev–Trinajstić information content (AvgIpc) is 3.03. The second-order valence-electron chi connectivity index (χ2n) is 3.95. The van der Waals surface area contributed by atoms with E-state index in [0.717, 1.165) is 23.0 Å². The number of aryl methyl sites for hydroxylation is 1. The van der Waals surface area contributed by atoms with Crippen LogP contribution in [0.1, 0.15) is 12.7 Å². The molecule has 0 unspecified atom stereocenters. The number of thiazole rings is 1. The first-order valence-corrected chi connectivity index (χ1v) is 6.84. The number of aromatic nitrogens is 3. The summed E-state index contributed by atoms with van der Waals surface area (Å²) in [6, 6.07) is 8.23. The molecule has 0 aliphatic carbocycles. The molecule has 0 aliphatic rings. The predicted octanol–water partition coefficient (Wildman–Crippen LogP) is 3.12. The van der Waals surface area contributed by atoms with E-state index >= 15 is 0 Å². The molecule has 1 aromatic carbocycles. The third-order valence-corrected chi connectivity index (χ3v) is 3.61. The molecule has 3 rings (SSSR count). The summed E-state index contributed by atoms with van der Waals surface area (Å²) in [6.45, 7) is 3.77. The smallest absolute Gasteiger partial charge is 0.182 e. The lowest BCUT2D eigenvalue weighted by atomic mass is 10.3. The summed E-state index contributed by atoms with van der Waals surface area (Å²) in [7, 11) is 0. The molecule has 1 N–H and O–H groups in total. The molecule has 5 heteroatoms. The quantitative estimate of drug-likeness (QED) is 0.782. The SMILES string of the molecule is CCn1c(CNc2nccs2)nc2ccccc21. The fourth-order valence-corrected chi connectivity index (χ4v) is 2.61. The van der Waals surface area contributed by atoms with Gasteiger partial charge in [-0.3, -0.25) is 0 Å². The van der Waals surface area contributed by atoms with E-state index in [-0.39, 0.29) is 0 Å². The van der Waals surface area contributed by atoms with Gasteiger partial charge >= 0.3 is 0 Å². The summed E-state index contributed by atoms with van der Waals surface area (Å²) in [5.74, 6) is 1.05. The van der Waals surface area contributed by atoms with E-state index < -0.39 is 0 Å². The van der Waals surface area contributed by atoms with Crippen molar-refractivity contribution in [3.05, 3.63) is 41.7 Å². The van der Waals surface area contributed by atoms with Gasteiger partial charge < -0.3 is 9.88 Å². The predicted molar refractivity (Wildman–Crippen MR) is 74.8 cm³/mol. The molecule has 0 fully saturated rings. The van der Waals surface area contributed by atoms with E-state index in [1.54, 1.807) is 17.5 Å². The molecule has 2 heterocycles. The van der Waals surface area contributed by atoms with Crippen LogP contribution < -0.4 is 5.32 Å². The molecular formula is C13H14N4S. The van der Waals surface area contributed by atoms with Gasteiger partial charge in [-0.1, -0.05) is 12.1 Å². The molecule has 0 spiro atoms. The van der Waals surface area contributed by atoms with E-state index in [4.69, 9.17) is 0 Å². The molecule has 0 aliphatic heterocycles. The number of benzene rings is 1. The van der Waals surface area contributed by atoms with Crippen LogP contribution >= 0.6 is 11.3 Å². The van der Waals surface area contributed by atoms with Gasteiger partial charge in [0.05, 0.1) is 17.6 Å². The van der Waals surface area contributed by atoms with Gasteiger partial charge in [0, 0.05) is 18.1 Å². The minimum Gasteiger partial charge on any atom is -0.354 e. The Balaban J connectivity index is 1.91. The maximum Gasteiger partial charge on any atom is 0.182 e. The average molecular weight is 258 g/mol. The highest BCUT2D eigenvalue weighted by Gasteiger charge is 2.08. The molecule has 0 bridgehead atoms. The van der Waals surface area contributed by atoms with Crippen molar-refractivity contribution in [3.8, 4) is 0 Å². The largest absolute Gasteiger partial charge is 0.354 e. The van der Waals surface area contributed by atoms with Gasteiger partial charge in [0.2, 0.25) is 0 Å². The Morgan fingerprint density at radius 2 is 2.22 bits per heavy atom. The maximum absolute atomic E-state index is 4.66. The fourth-order valence-electron chi connectivity index (χ4n) is 2.08. The lowest BCUT2D eigenvalue weighted by Gasteiger charge is -2.06. The molecule has 2 aromatic heterocycles. The minimum atomic E-state index is 0.704. The molecule has 3 aromatic rings. The highest BCUT2D eigenvalue weighted by atomic mass is 32.1. The molecule has 4 nitrogen and oxygen atoms in total. The Kier molecular flexibility index (Phi) is 2.98. The first-order valence-electron chi connectivity index (χ1n) is 5.96. The highest BCUT2D eigenvalue weighted by Crippen LogP contribution is 2.17. The Morgan fingerprint density at radius 3 is 3.00 bits per heavy atom. The van der Waals surface area contributed by atoms with Crippen LogP contribution in [0, 0.1) is 0 Å². The standard InChI is InChI=1S/C13H14N4S/c1-2-17-11-6-4-3-5-10(11)16-12(17)9-15-13-14-7-8-18-13/h3-8H,2,9H2,1H3,(H,14,15). The number of nitrogens with one attached hydrogen (secondary N) is 1. The Labute approximate surface area is 109 Å². The molecule has 92 valence electrons. The summed E-state index contributed by atoms with van der Waals surface area (Å²) in [4.78, 5) is 8.87. The van der Waals surface area contributed by atoms with Crippen molar-refractivity contribution in [2.75, 3.05) is 5.32 Å². The minimum absolute atomic E-state index is 0.704. The normalized spacial score (nSPS) is 10.9. The van der Waals surface area contributed by atoms with Crippen molar-refractivity contribution in [1.82, 2.24) is 14.5 Å². The van der Waals surface area contributed by atoms with Crippen LogP contribution in [-0.2, 0) is 13.1 Å². The number of hydrogen-bond acceptors (Lipinski definition) is 4. The van der Waals surface area contributed by atoms with Gasteiger partial charge in [-0.25, -0.2) is 9.97 Å². The van der Waals surface area contributed by atoms with E-state index in [2.05, 4.69) is 32.8 Å². The van der Waals surface area contributed by atoms with E-state index in [9.17, 15) is 0 Å². The maximum atomic E-state index is 4.66. The van der Waals surface area contributed by atoms with E-state index in [1.807, 2.05) is 23.6 Å². The van der Waals surface area contributed by atoms with Crippen molar-refractivity contribution in [3.63, 3.8) is 0 Å². The van der Waals surface area contributed by atoms with Crippen LogP contribution in [0.15, 0.2) is 35.8 Å². The summed E-state index contributed by atoms with van der Waals surface area (Å²) < 4.78 is 2.23. The van der Waals surface area contributed by atoms with Gasteiger partial charge in [0.15, 0.2) is 5.13 Å². The van der Waals surface area contributed by atoms with Gasteiger partial charge in [-0.2, -0.15) is 0 Å². The lowest BCUT2D eigenvalue weighted by molar-refractivity contribution is 0.728. The van der Waals surface area contributed by atoms with Gasteiger partial charge in [0.1, 0.15) is 5.82 Å². The number of imidazole rings is 1. The molecule has 0 saturated heterocycles. The lowest BCUT2D eigenvalue weighted by Crippen LogP contribution is -2.07. The zero-order valence-corrected chi connectivity index (χ0v) is 10.9. The van der Waals surface area contributed by atoms with Gasteiger partial charge in [-0.05, 0) is 19.1 Å². The summed E-state index contributed by atoms with van der Waals surface area (Å²) >= 11 is 1.60. The van der Waals surface area contributed by atoms with E-state index in [0.29, 0.717) is 6.54 Å². The first-order chi connectivity index (χ1) is 8.88. The third kappa shape index (κ3) is 1.97. The molecule has 0 atom stereocenters.